The molecule has 4 rings (SSSR count). The molecule has 0 aliphatic carbocycles. The van der Waals surface area contributed by atoms with Gasteiger partial charge in [0.25, 0.3) is 0 Å². The monoisotopic (exact) mass is 376 g/mol. The molecule has 0 saturated carbocycles. The number of hydrogen-bond acceptors (Lipinski definition) is 3. The zero-order chi connectivity index (χ0) is 19.5. The third-order valence-electron chi connectivity index (χ3n) is 5.34. The molecule has 0 spiro atoms. The number of amides is 1. The Morgan fingerprint density at radius 1 is 1.07 bits per heavy atom. The molecule has 5 nitrogen and oxygen atoms in total. The van der Waals surface area contributed by atoms with Crippen LogP contribution in [0.3, 0.4) is 0 Å². The number of fused-ring (bicyclic) bond motifs is 1. The normalized spacial score (nSPS) is 15.0. The highest BCUT2D eigenvalue weighted by Gasteiger charge is 2.23. The molecule has 1 aliphatic heterocycles. The van der Waals surface area contributed by atoms with Gasteiger partial charge in [-0.05, 0) is 47.2 Å². The summed E-state index contributed by atoms with van der Waals surface area (Å²) in [4.78, 5) is 16.9. The molecule has 0 bridgehead atoms. The summed E-state index contributed by atoms with van der Waals surface area (Å²) in [5, 5.41) is 11.4. The maximum absolute atomic E-state index is 11.0. The Bertz CT molecular complexity index is 977. The summed E-state index contributed by atoms with van der Waals surface area (Å²) < 4.78 is 6.05. The smallest absolute Gasteiger partial charge is 0.407 e. The molecule has 1 amide bonds. The lowest BCUT2D eigenvalue weighted by Crippen LogP contribution is -2.41. The molecule has 2 aromatic carbocycles. The van der Waals surface area contributed by atoms with E-state index in [1.165, 1.54) is 15.8 Å². The third kappa shape index (κ3) is 3.93. The molecule has 0 atom stereocenters. The molecule has 28 heavy (non-hydrogen) atoms. The SMILES string of the molecule is CCc1cc2cc(-c3ccc(OC4CCN(C(=O)O)CC4)cc3)ccc2cn1. The number of benzene rings is 2. The van der Waals surface area contributed by atoms with E-state index in [1.54, 1.807) is 0 Å². The number of ether oxygens (including phenoxy) is 1. The van der Waals surface area contributed by atoms with Crippen LogP contribution in [0.15, 0.2) is 54.7 Å². The summed E-state index contributed by atoms with van der Waals surface area (Å²) in [6.07, 6.45) is 3.54. The summed E-state index contributed by atoms with van der Waals surface area (Å²) in [5.74, 6) is 0.829. The highest BCUT2D eigenvalue weighted by atomic mass is 16.5. The fraction of sp³-hybridized carbons (Fsp3) is 0.304. The fourth-order valence-electron chi connectivity index (χ4n) is 3.64. The largest absolute Gasteiger partial charge is 0.490 e. The van der Waals surface area contributed by atoms with Gasteiger partial charge >= 0.3 is 6.09 Å². The number of aromatic nitrogens is 1. The Hall–Kier alpha value is -3.08. The molecule has 144 valence electrons. The molecule has 0 unspecified atom stereocenters. The number of aryl methyl sites for hydroxylation is 1. The van der Waals surface area contributed by atoms with Crippen molar-refractivity contribution in [2.45, 2.75) is 32.3 Å². The molecule has 1 saturated heterocycles. The Morgan fingerprint density at radius 3 is 2.46 bits per heavy atom. The summed E-state index contributed by atoms with van der Waals surface area (Å²) >= 11 is 0. The predicted octanol–water partition coefficient (Wildman–Crippen LogP) is 4.99. The number of hydrogen-bond donors (Lipinski definition) is 1. The van der Waals surface area contributed by atoms with Crippen LogP contribution in [0.1, 0.15) is 25.5 Å². The summed E-state index contributed by atoms with van der Waals surface area (Å²) in [6, 6.07) is 16.7. The van der Waals surface area contributed by atoms with Crippen LogP contribution in [0, 0.1) is 0 Å². The van der Waals surface area contributed by atoms with E-state index >= 15 is 0 Å². The lowest BCUT2D eigenvalue weighted by Gasteiger charge is -2.30. The number of carbonyl (C=O) groups is 1. The van der Waals surface area contributed by atoms with Gasteiger partial charge in [0.15, 0.2) is 0 Å². The molecule has 1 aromatic heterocycles. The quantitative estimate of drug-likeness (QED) is 0.697. The summed E-state index contributed by atoms with van der Waals surface area (Å²) in [6.45, 7) is 3.18. The molecular formula is C23H24N2O3. The number of carboxylic acid groups (broad SMARTS) is 1. The van der Waals surface area contributed by atoms with Crippen LogP contribution in [-0.4, -0.2) is 40.3 Å². The molecule has 1 aliphatic rings. The Balaban J connectivity index is 1.46. The zero-order valence-corrected chi connectivity index (χ0v) is 16.0. The maximum Gasteiger partial charge on any atom is 0.407 e. The third-order valence-corrected chi connectivity index (χ3v) is 5.34. The van der Waals surface area contributed by atoms with Crippen molar-refractivity contribution in [1.29, 1.82) is 0 Å². The maximum atomic E-state index is 11.0. The van der Waals surface area contributed by atoms with Crippen LogP contribution in [0.5, 0.6) is 5.75 Å². The zero-order valence-electron chi connectivity index (χ0n) is 16.0. The first-order chi connectivity index (χ1) is 13.6. The standard InChI is InChI=1S/C23H24N2O3/c1-2-20-14-19-13-17(3-4-18(19)15-24-20)16-5-7-21(8-6-16)28-22-9-11-25(12-10-22)23(26)27/h3-8,13-15,22H,2,9-12H2,1H3,(H,26,27). The van der Waals surface area contributed by atoms with Crippen LogP contribution < -0.4 is 4.74 Å². The van der Waals surface area contributed by atoms with Gasteiger partial charge in [0.2, 0.25) is 0 Å². The van der Waals surface area contributed by atoms with Crippen LogP contribution in [0.2, 0.25) is 0 Å². The predicted molar refractivity (Wildman–Crippen MR) is 110 cm³/mol. The molecule has 5 heteroatoms. The highest BCUT2D eigenvalue weighted by molar-refractivity contribution is 5.87. The van der Waals surface area contributed by atoms with Crippen molar-refractivity contribution in [3.63, 3.8) is 0 Å². The van der Waals surface area contributed by atoms with Gasteiger partial charge in [-0.25, -0.2) is 4.79 Å². The topological polar surface area (TPSA) is 62.7 Å². The van der Waals surface area contributed by atoms with Gasteiger partial charge in [0, 0.05) is 43.2 Å². The molecule has 1 fully saturated rings. The Morgan fingerprint density at radius 2 is 1.79 bits per heavy atom. The molecule has 3 aromatic rings. The van der Waals surface area contributed by atoms with E-state index in [4.69, 9.17) is 9.84 Å². The van der Waals surface area contributed by atoms with Gasteiger partial charge < -0.3 is 14.7 Å². The van der Waals surface area contributed by atoms with Crippen molar-refractivity contribution in [2.75, 3.05) is 13.1 Å². The van der Waals surface area contributed by atoms with E-state index in [2.05, 4.69) is 48.3 Å². The highest BCUT2D eigenvalue weighted by Crippen LogP contribution is 2.27. The van der Waals surface area contributed by atoms with Crippen LogP contribution in [0.4, 0.5) is 4.79 Å². The first-order valence-corrected chi connectivity index (χ1v) is 9.76. The van der Waals surface area contributed by atoms with Gasteiger partial charge in [-0.1, -0.05) is 31.2 Å². The van der Waals surface area contributed by atoms with Gasteiger partial charge in [-0.15, -0.1) is 0 Å². The van der Waals surface area contributed by atoms with E-state index in [0.29, 0.717) is 13.1 Å². The van der Waals surface area contributed by atoms with E-state index in [-0.39, 0.29) is 6.10 Å². The lowest BCUT2D eigenvalue weighted by molar-refractivity contribution is 0.0895. The minimum atomic E-state index is -0.847. The summed E-state index contributed by atoms with van der Waals surface area (Å²) in [7, 11) is 0. The van der Waals surface area contributed by atoms with Crippen molar-refractivity contribution < 1.29 is 14.6 Å². The van der Waals surface area contributed by atoms with Crippen LogP contribution >= 0.6 is 0 Å². The molecule has 1 N–H and O–H groups in total. The second kappa shape index (κ2) is 7.89. The second-order valence-corrected chi connectivity index (χ2v) is 7.20. The van der Waals surface area contributed by atoms with E-state index in [0.717, 1.165) is 41.7 Å². The van der Waals surface area contributed by atoms with Gasteiger partial charge in [0.05, 0.1) is 0 Å². The van der Waals surface area contributed by atoms with Crippen molar-refractivity contribution in [2.24, 2.45) is 0 Å². The van der Waals surface area contributed by atoms with Crippen molar-refractivity contribution in [3.05, 3.63) is 60.4 Å². The number of likely N-dealkylation sites (tertiary alicyclic amines) is 1. The van der Waals surface area contributed by atoms with Crippen molar-refractivity contribution in [3.8, 4) is 16.9 Å². The minimum Gasteiger partial charge on any atom is -0.490 e. The van der Waals surface area contributed by atoms with Crippen LogP contribution in [-0.2, 0) is 6.42 Å². The van der Waals surface area contributed by atoms with Gasteiger partial charge in [-0.3, -0.25) is 4.98 Å². The van der Waals surface area contributed by atoms with E-state index < -0.39 is 6.09 Å². The molecule has 0 radical (unpaired) electrons. The number of piperidine rings is 1. The van der Waals surface area contributed by atoms with Gasteiger partial charge in [-0.2, -0.15) is 0 Å². The van der Waals surface area contributed by atoms with Crippen molar-refractivity contribution in [1.82, 2.24) is 9.88 Å². The average Bonchev–Trinajstić information content (AvgIpc) is 2.74. The first-order valence-electron chi connectivity index (χ1n) is 9.76. The molecule has 2 heterocycles. The lowest BCUT2D eigenvalue weighted by atomic mass is 10.0. The Labute approximate surface area is 164 Å². The van der Waals surface area contributed by atoms with Crippen LogP contribution in [0.25, 0.3) is 21.9 Å². The first kappa shape index (κ1) is 18.3. The number of nitrogens with zero attached hydrogens (tertiary/aromatic N) is 2. The van der Waals surface area contributed by atoms with Crippen molar-refractivity contribution >= 4 is 16.9 Å². The second-order valence-electron chi connectivity index (χ2n) is 7.20. The van der Waals surface area contributed by atoms with E-state index in [9.17, 15) is 4.79 Å². The summed E-state index contributed by atoms with van der Waals surface area (Å²) in [5.41, 5.74) is 3.41. The molecular weight excluding hydrogens is 352 g/mol. The Kier molecular flexibility index (Phi) is 5.15. The van der Waals surface area contributed by atoms with E-state index in [1.807, 2.05) is 18.3 Å². The number of pyridine rings is 1. The average molecular weight is 376 g/mol. The van der Waals surface area contributed by atoms with Gasteiger partial charge in [0.1, 0.15) is 11.9 Å². The fourth-order valence-corrected chi connectivity index (χ4v) is 3.64. The minimum absolute atomic E-state index is 0.0714. The number of rotatable bonds is 4.